The van der Waals surface area contributed by atoms with Gasteiger partial charge in [0.2, 0.25) is 0 Å². The highest BCUT2D eigenvalue weighted by Gasteiger charge is 2.00. The zero-order valence-electron chi connectivity index (χ0n) is 9.59. The maximum absolute atomic E-state index is 2.26. The molecule has 0 amide bonds. The van der Waals surface area contributed by atoms with Gasteiger partial charge in [-0.3, -0.25) is 0 Å². The Labute approximate surface area is 87.7 Å². The Morgan fingerprint density at radius 2 is 1.57 bits per heavy atom. The Morgan fingerprint density at radius 1 is 1.00 bits per heavy atom. The molecule has 1 aromatic carbocycles. The van der Waals surface area contributed by atoms with Crippen LogP contribution in [0.3, 0.4) is 0 Å². The van der Waals surface area contributed by atoms with Crippen molar-refractivity contribution in [3.05, 3.63) is 35.4 Å². The minimum atomic E-state index is 1.14. The van der Waals surface area contributed by atoms with Crippen LogP contribution in [-0.4, -0.2) is 25.5 Å². The molecule has 1 heteroatoms. The highest BCUT2D eigenvalue weighted by molar-refractivity contribution is 5.27. The molecule has 0 atom stereocenters. The maximum atomic E-state index is 2.26. The summed E-state index contributed by atoms with van der Waals surface area (Å²) < 4.78 is 0. The van der Waals surface area contributed by atoms with E-state index in [9.17, 15) is 0 Å². The summed E-state index contributed by atoms with van der Waals surface area (Å²) in [4.78, 5) is 2.24. The third-order valence-electron chi connectivity index (χ3n) is 2.47. The van der Waals surface area contributed by atoms with Gasteiger partial charge in [-0.25, -0.2) is 0 Å². The summed E-state index contributed by atoms with van der Waals surface area (Å²) in [5, 5.41) is 0. The summed E-state index contributed by atoms with van der Waals surface area (Å²) in [6.45, 7) is 3.38. The minimum absolute atomic E-state index is 1.14. The Bertz CT molecular complexity index is 266. The first-order valence-electron chi connectivity index (χ1n) is 5.45. The van der Waals surface area contributed by atoms with Crippen molar-refractivity contribution in [2.24, 2.45) is 0 Å². The SMILES string of the molecule is CCCc1ccccc1CCN(C)C. The van der Waals surface area contributed by atoms with E-state index in [4.69, 9.17) is 0 Å². The summed E-state index contributed by atoms with van der Waals surface area (Å²) in [6, 6.07) is 8.80. The van der Waals surface area contributed by atoms with E-state index in [1.807, 2.05) is 0 Å². The molecule has 78 valence electrons. The van der Waals surface area contributed by atoms with Crippen LogP contribution < -0.4 is 0 Å². The molecule has 14 heavy (non-hydrogen) atoms. The topological polar surface area (TPSA) is 3.24 Å². The first-order chi connectivity index (χ1) is 6.74. The molecule has 0 aromatic heterocycles. The predicted octanol–water partition coefficient (Wildman–Crippen LogP) is 2.74. The van der Waals surface area contributed by atoms with E-state index in [1.165, 1.54) is 30.4 Å². The quantitative estimate of drug-likeness (QED) is 0.691. The molecule has 0 aliphatic heterocycles. The lowest BCUT2D eigenvalue weighted by Crippen LogP contribution is -2.15. The third kappa shape index (κ3) is 3.51. The molecular formula is C13H21N. The summed E-state index contributed by atoms with van der Waals surface area (Å²) in [5.74, 6) is 0. The molecule has 0 aliphatic carbocycles. The van der Waals surface area contributed by atoms with E-state index in [2.05, 4.69) is 50.2 Å². The predicted molar refractivity (Wildman–Crippen MR) is 62.7 cm³/mol. The zero-order chi connectivity index (χ0) is 10.4. The normalized spacial score (nSPS) is 10.9. The van der Waals surface area contributed by atoms with Gasteiger partial charge < -0.3 is 4.90 Å². The molecule has 1 aromatic rings. The van der Waals surface area contributed by atoms with Gasteiger partial charge in [-0.05, 0) is 38.1 Å². The van der Waals surface area contributed by atoms with Crippen molar-refractivity contribution in [1.82, 2.24) is 4.90 Å². The first-order valence-corrected chi connectivity index (χ1v) is 5.45. The van der Waals surface area contributed by atoms with Gasteiger partial charge in [0.25, 0.3) is 0 Å². The average molecular weight is 191 g/mol. The van der Waals surface area contributed by atoms with Crippen molar-refractivity contribution in [2.45, 2.75) is 26.2 Å². The highest BCUT2D eigenvalue weighted by atomic mass is 15.0. The molecule has 0 saturated carbocycles. The molecule has 0 heterocycles. The van der Waals surface area contributed by atoms with Crippen LogP contribution in [0, 0.1) is 0 Å². The Balaban J connectivity index is 2.64. The second-order valence-corrected chi connectivity index (χ2v) is 4.07. The lowest BCUT2D eigenvalue weighted by molar-refractivity contribution is 0.413. The van der Waals surface area contributed by atoms with Gasteiger partial charge in [-0.1, -0.05) is 37.6 Å². The fourth-order valence-corrected chi connectivity index (χ4v) is 1.66. The molecule has 0 radical (unpaired) electrons. The van der Waals surface area contributed by atoms with Crippen molar-refractivity contribution >= 4 is 0 Å². The molecular weight excluding hydrogens is 170 g/mol. The third-order valence-corrected chi connectivity index (χ3v) is 2.47. The van der Waals surface area contributed by atoms with E-state index in [-0.39, 0.29) is 0 Å². The van der Waals surface area contributed by atoms with Crippen molar-refractivity contribution in [2.75, 3.05) is 20.6 Å². The second-order valence-electron chi connectivity index (χ2n) is 4.07. The number of hydrogen-bond acceptors (Lipinski definition) is 1. The summed E-state index contributed by atoms with van der Waals surface area (Å²) in [7, 11) is 4.25. The number of likely N-dealkylation sites (N-methyl/N-ethyl adjacent to an activating group) is 1. The standard InChI is InChI=1S/C13H21N/c1-4-7-12-8-5-6-9-13(12)10-11-14(2)3/h5-6,8-9H,4,7,10-11H2,1-3H3. The molecule has 0 fully saturated rings. The van der Waals surface area contributed by atoms with Gasteiger partial charge in [0.1, 0.15) is 0 Å². The number of benzene rings is 1. The van der Waals surface area contributed by atoms with Crippen LogP contribution in [0.2, 0.25) is 0 Å². The van der Waals surface area contributed by atoms with Gasteiger partial charge in [-0.2, -0.15) is 0 Å². The Morgan fingerprint density at radius 3 is 2.07 bits per heavy atom. The van der Waals surface area contributed by atoms with Crippen LogP contribution in [0.1, 0.15) is 24.5 Å². The van der Waals surface area contributed by atoms with Crippen molar-refractivity contribution < 1.29 is 0 Å². The molecule has 1 rings (SSSR count). The second kappa shape index (κ2) is 5.82. The largest absolute Gasteiger partial charge is 0.309 e. The molecule has 0 N–H and O–H groups in total. The van der Waals surface area contributed by atoms with Crippen LogP contribution in [0.25, 0.3) is 0 Å². The molecule has 1 nitrogen and oxygen atoms in total. The molecule has 0 bridgehead atoms. The minimum Gasteiger partial charge on any atom is -0.309 e. The van der Waals surface area contributed by atoms with Crippen molar-refractivity contribution in [3.63, 3.8) is 0 Å². The van der Waals surface area contributed by atoms with Crippen molar-refractivity contribution in [3.8, 4) is 0 Å². The summed E-state index contributed by atoms with van der Waals surface area (Å²) >= 11 is 0. The Hall–Kier alpha value is -0.820. The number of aryl methyl sites for hydroxylation is 1. The average Bonchev–Trinajstić information content (AvgIpc) is 2.17. The first kappa shape index (κ1) is 11.3. The lowest BCUT2D eigenvalue weighted by atomic mass is 10.0. The van der Waals surface area contributed by atoms with Gasteiger partial charge in [0.05, 0.1) is 0 Å². The van der Waals surface area contributed by atoms with Crippen LogP contribution in [0.4, 0.5) is 0 Å². The number of hydrogen-bond donors (Lipinski definition) is 0. The summed E-state index contributed by atoms with van der Waals surface area (Å²) in [5.41, 5.74) is 3.04. The van der Waals surface area contributed by atoms with E-state index >= 15 is 0 Å². The van der Waals surface area contributed by atoms with Crippen LogP contribution >= 0.6 is 0 Å². The maximum Gasteiger partial charge on any atom is 0.00158 e. The molecule has 0 aliphatic rings. The monoisotopic (exact) mass is 191 g/mol. The van der Waals surface area contributed by atoms with Crippen molar-refractivity contribution in [1.29, 1.82) is 0 Å². The smallest absolute Gasteiger partial charge is 0.00158 e. The molecule has 0 spiro atoms. The van der Waals surface area contributed by atoms with Crippen LogP contribution in [0.15, 0.2) is 24.3 Å². The van der Waals surface area contributed by atoms with E-state index < -0.39 is 0 Å². The van der Waals surface area contributed by atoms with Crippen LogP contribution in [-0.2, 0) is 12.8 Å². The van der Waals surface area contributed by atoms with E-state index in [0.29, 0.717) is 0 Å². The van der Waals surface area contributed by atoms with Gasteiger partial charge in [-0.15, -0.1) is 0 Å². The number of nitrogens with zero attached hydrogens (tertiary/aromatic N) is 1. The lowest BCUT2D eigenvalue weighted by Gasteiger charge is -2.12. The molecule has 0 saturated heterocycles. The number of rotatable bonds is 5. The Kier molecular flexibility index (Phi) is 4.68. The highest BCUT2D eigenvalue weighted by Crippen LogP contribution is 2.11. The van der Waals surface area contributed by atoms with Gasteiger partial charge in [0, 0.05) is 6.54 Å². The van der Waals surface area contributed by atoms with Gasteiger partial charge >= 0.3 is 0 Å². The van der Waals surface area contributed by atoms with Crippen LogP contribution in [0.5, 0.6) is 0 Å². The fourth-order valence-electron chi connectivity index (χ4n) is 1.66. The fraction of sp³-hybridized carbons (Fsp3) is 0.538. The zero-order valence-corrected chi connectivity index (χ0v) is 9.59. The van der Waals surface area contributed by atoms with E-state index in [1.54, 1.807) is 0 Å². The van der Waals surface area contributed by atoms with E-state index in [0.717, 1.165) is 6.54 Å². The van der Waals surface area contributed by atoms with Gasteiger partial charge in [0.15, 0.2) is 0 Å². The summed E-state index contributed by atoms with van der Waals surface area (Å²) in [6.07, 6.45) is 3.62. The molecule has 0 unspecified atom stereocenters.